The molecule has 0 aliphatic rings. The Morgan fingerprint density at radius 2 is 1.89 bits per heavy atom. The van der Waals surface area contributed by atoms with E-state index in [2.05, 4.69) is 0 Å². The third-order valence-corrected chi connectivity index (χ3v) is 3.00. The van der Waals surface area contributed by atoms with E-state index in [-0.39, 0.29) is 5.56 Å². The number of alkyl halides is 2. The first-order valence-electron chi connectivity index (χ1n) is 5.25. The van der Waals surface area contributed by atoms with Crippen molar-refractivity contribution in [2.45, 2.75) is 18.3 Å². The van der Waals surface area contributed by atoms with Gasteiger partial charge in [0.1, 0.15) is 5.75 Å². The minimum atomic E-state index is -3.48. The number of carboxylic acids is 1. The minimum absolute atomic E-state index is 0.0502. The Morgan fingerprint density at radius 3 is 2.17 bits per heavy atom. The quantitative estimate of drug-likeness (QED) is 0.843. The van der Waals surface area contributed by atoms with Gasteiger partial charge in [-0.3, -0.25) is 4.79 Å². The zero-order valence-electron chi connectivity index (χ0n) is 10.1. The molecule has 1 atom stereocenters. The van der Waals surface area contributed by atoms with Crippen LogP contribution in [0.1, 0.15) is 12.5 Å². The summed E-state index contributed by atoms with van der Waals surface area (Å²) in [6, 6.07) is 5.43. The highest BCUT2D eigenvalue weighted by atomic mass is 19.3. The molecule has 100 valence electrons. The Bertz CT molecular complexity index is 428. The minimum Gasteiger partial charge on any atom is -0.497 e. The molecule has 1 aromatic rings. The normalized spacial score (nSPS) is 14.9. The largest absolute Gasteiger partial charge is 0.497 e. The first kappa shape index (κ1) is 14.4. The third kappa shape index (κ3) is 2.15. The molecule has 0 aromatic heterocycles. The van der Waals surface area contributed by atoms with Crippen molar-refractivity contribution in [1.29, 1.82) is 0 Å². The van der Waals surface area contributed by atoms with Crippen molar-refractivity contribution in [2.24, 2.45) is 5.73 Å². The maximum atomic E-state index is 13.7. The molecule has 1 rings (SSSR count). The monoisotopic (exact) mass is 259 g/mol. The average Bonchev–Trinajstić information content (AvgIpc) is 2.29. The zero-order valence-corrected chi connectivity index (χ0v) is 10.1. The fourth-order valence-corrected chi connectivity index (χ4v) is 1.82. The van der Waals surface area contributed by atoms with Gasteiger partial charge in [-0.25, -0.2) is 8.78 Å². The van der Waals surface area contributed by atoms with E-state index in [9.17, 15) is 13.6 Å². The molecule has 4 nitrogen and oxygen atoms in total. The van der Waals surface area contributed by atoms with Crippen molar-refractivity contribution in [3.05, 3.63) is 29.8 Å². The molecule has 3 N–H and O–H groups in total. The van der Waals surface area contributed by atoms with Crippen LogP contribution in [-0.2, 0) is 10.2 Å². The molecule has 0 radical (unpaired) electrons. The SMILES string of the molecule is COc1ccc(C(CN)(C(=O)O)C(C)(F)F)cc1. The number of nitrogens with two attached hydrogens (primary N) is 1. The van der Waals surface area contributed by atoms with Crippen LogP contribution in [0.4, 0.5) is 8.78 Å². The van der Waals surface area contributed by atoms with E-state index in [1.165, 1.54) is 31.4 Å². The molecule has 0 heterocycles. The van der Waals surface area contributed by atoms with Crippen LogP contribution >= 0.6 is 0 Å². The number of aliphatic carboxylic acids is 1. The lowest BCUT2D eigenvalue weighted by Crippen LogP contribution is -2.55. The highest BCUT2D eigenvalue weighted by Crippen LogP contribution is 2.39. The Hall–Kier alpha value is -1.69. The van der Waals surface area contributed by atoms with E-state index in [0.29, 0.717) is 12.7 Å². The fourth-order valence-electron chi connectivity index (χ4n) is 1.82. The van der Waals surface area contributed by atoms with Crippen molar-refractivity contribution >= 4 is 5.97 Å². The van der Waals surface area contributed by atoms with E-state index in [0.717, 1.165) is 0 Å². The fraction of sp³-hybridized carbons (Fsp3) is 0.417. The summed E-state index contributed by atoms with van der Waals surface area (Å²) >= 11 is 0. The average molecular weight is 259 g/mol. The van der Waals surface area contributed by atoms with Crippen molar-refractivity contribution in [2.75, 3.05) is 13.7 Å². The number of hydrogen-bond donors (Lipinski definition) is 2. The van der Waals surface area contributed by atoms with E-state index < -0.39 is 23.9 Å². The molecule has 6 heteroatoms. The predicted octanol–water partition coefficient (Wildman–Crippen LogP) is 1.63. The summed E-state index contributed by atoms with van der Waals surface area (Å²) in [7, 11) is 1.43. The summed E-state index contributed by atoms with van der Waals surface area (Å²) < 4.78 is 32.2. The van der Waals surface area contributed by atoms with Crippen LogP contribution in [0.25, 0.3) is 0 Å². The Labute approximate surface area is 103 Å². The molecule has 0 bridgehead atoms. The lowest BCUT2D eigenvalue weighted by atomic mass is 9.75. The number of carbonyl (C=O) groups is 1. The van der Waals surface area contributed by atoms with Crippen LogP contribution < -0.4 is 10.5 Å². The molecule has 0 aliphatic carbocycles. The van der Waals surface area contributed by atoms with Crippen LogP contribution in [0, 0.1) is 0 Å². The standard InChI is InChI=1S/C12H15F2NO3/c1-11(13,14)12(7-15,10(16)17)8-3-5-9(18-2)6-4-8/h3-6H,7,15H2,1-2H3,(H,16,17). The number of halogens is 2. The van der Waals surface area contributed by atoms with E-state index in [1.54, 1.807) is 0 Å². The van der Waals surface area contributed by atoms with Gasteiger partial charge < -0.3 is 15.6 Å². The molecule has 0 spiro atoms. The van der Waals surface area contributed by atoms with Crippen molar-refractivity contribution in [1.82, 2.24) is 0 Å². The molecular formula is C12H15F2NO3. The highest BCUT2D eigenvalue weighted by Gasteiger charge is 2.56. The first-order valence-corrected chi connectivity index (χ1v) is 5.25. The van der Waals surface area contributed by atoms with Gasteiger partial charge in [-0.05, 0) is 17.7 Å². The third-order valence-electron chi connectivity index (χ3n) is 3.00. The predicted molar refractivity (Wildman–Crippen MR) is 62.0 cm³/mol. The summed E-state index contributed by atoms with van der Waals surface area (Å²) in [6.45, 7) is -0.142. The van der Waals surface area contributed by atoms with E-state index >= 15 is 0 Å². The van der Waals surface area contributed by atoms with Gasteiger partial charge >= 0.3 is 5.97 Å². The van der Waals surface area contributed by atoms with Crippen LogP contribution in [0.5, 0.6) is 5.75 Å². The van der Waals surface area contributed by atoms with Crippen molar-refractivity contribution in [3.8, 4) is 5.75 Å². The zero-order chi connectivity index (χ0) is 14.0. The summed E-state index contributed by atoms with van der Waals surface area (Å²) in [6.07, 6.45) is 0. The maximum absolute atomic E-state index is 13.7. The Kier molecular flexibility index (Phi) is 3.91. The molecule has 0 saturated heterocycles. The smallest absolute Gasteiger partial charge is 0.321 e. The molecular weight excluding hydrogens is 244 g/mol. The second-order valence-corrected chi connectivity index (χ2v) is 4.03. The van der Waals surface area contributed by atoms with Gasteiger partial charge in [-0.1, -0.05) is 12.1 Å². The van der Waals surface area contributed by atoms with Gasteiger partial charge in [0.25, 0.3) is 5.92 Å². The number of ether oxygens (including phenoxy) is 1. The lowest BCUT2D eigenvalue weighted by molar-refractivity contribution is -0.159. The number of benzene rings is 1. The number of carboxylic acid groups (broad SMARTS) is 1. The van der Waals surface area contributed by atoms with Crippen molar-refractivity contribution < 1.29 is 23.4 Å². The molecule has 0 amide bonds. The molecule has 0 aliphatic heterocycles. The summed E-state index contributed by atoms with van der Waals surface area (Å²) in [5.41, 5.74) is 2.82. The number of rotatable bonds is 5. The lowest BCUT2D eigenvalue weighted by Gasteiger charge is -2.34. The topological polar surface area (TPSA) is 72.5 Å². The first-order chi connectivity index (χ1) is 8.29. The second-order valence-electron chi connectivity index (χ2n) is 4.03. The Balaban J connectivity index is 3.38. The van der Waals surface area contributed by atoms with Gasteiger partial charge in [0, 0.05) is 13.5 Å². The van der Waals surface area contributed by atoms with Gasteiger partial charge in [0.15, 0.2) is 5.41 Å². The molecule has 0 fully saturated rings. The summed E-state index contributed by atoms with van der Waals surface area (Å²) in [4.78, 5) is 11.3. The van der Waals surface area contributed by atoms with Crippen LogP contribution in [-0.4, -0.2) is 30.7 Å². The van der Waals surface area contributed by atoms with Crippen LogP contribution in [0.3, 0.4) is 0 Å². The van der Waals surface area contributed by atoms with Gasteiger partial charge in [0.05, 0.1) is 7.11 Å². The molecule has 18 heavy (non-hydrogen) atoms. The summed E-state index contributed by atoms with van der Waals surface area (Å²) in [5, 5.41) is 9.15. The van der Waals surface area contributed by atoms with E-state index in [4.69, 9.17) is 15.6 Å². The van der Waals surface area contributed by atoms with E-state index in [1.807, 2.05) is 0 Å². The van der Waals surface area contributed by atoms with Gasteiger partial charge in [0.2, 0.25) is 0 Å². The van der Waals surface area contributed by atoms with Crippen LogP contribution in [0.2, 0.25) is 0 Å². The Morgan fingerprint density at radius 1 is 1.39 bits per heavy atom. The van der Waals surface area contributed by atoms with Crippen LogP contribution in [0.15, 0.2) is 24.3 Å². The van der Waals surface area contributed by atoms with Crippen molar-refractivity contribution in [3.63, 3.8) is 0 Å². The number of methoxy groups -OCH3 is 1. The molecule has 1 aromatic carbocycles. The van der Waals surface area contributed by atoms with Gasteiger partial charge in [-0.15, -0.1) is 0 Å². The highest BCUT2D eigenvalue weighted by molar-refractivity contribution is 5.83. The van der Waals surface area contributed by atoms with Gasteiger partial charge in [-0.2, -0.15) is 0 Å². The molecule has 1 unspecified atom stereocenters. The number of hydrogen-bond acceptors (Lipinski definition) is 3. The summed E-state index contributed by atoms with van der Waals surface area (Å²) in [5.74, 6) is -4.68. The molecule has 0 saturated carbocycles. The maximum Gasteiger partial charge on any atom is 0.321 e. The second kappa shape index (κ2) is 4.89.